The van der Waals surface area contributed by atoms with Crippen LogP contribution in [0.3, 0.4) is 0 Å². The van der Waals surface area contributed by atoms with Gasteiger partial charge in [0.25, 0.3) is 0 Å². The fourth-order valence-corrected chi connectivity index (χ4v) is 4.65. The van der Waals surface area contributed by atoms with E-state index in [1.165, 1.54) is 17.3 Å². The Kier molecular flexibility index (Phi) is 6.72. The van der Waals surface area contributed by atoms with E-state index in [1.54, 1.807) is 6.33 Å². The van der Waals surface area contributed by atoms with Crippen LogP contribution in [-0.4, -0.2) is 61.9 Å². The van der Waals surface area contributed by atoms with E-state index in [2.05, 4.69) is 39.4 Å². The van der Waals surface area contributed by atoms with Gasteiger partial charge < -0.3 is 4.90 Å². The van der Waals surface area contributed by atoms with Crippen LogP contribution in [0.15, 0.2) is 66.1 Å². The second-order valence-corrected chi connectivity index (χ2v) is 9.05. The molecule has 1 atom stereocenters. The van der Waals surface area contributed by atoms with Gasteiger partial charge in [0.1, 0.15) is 6.33 Å². The average Bonchev–Trinajstić information content (AvgIpc) is 3.22. The predicted octanol–water partition coefficient (Wildman–Crippen LogP) is 3.75. The molecular formula is C22H24ClN5OS. The molecule has 2 heterocycles. The third-order valence-corrected chi connectivity index (χ3v) is 6.45. The van der Waals surface area contributed by atoms with E-state index in [-0.39, 0.29) is 11.2 Å². The van der Waals surface area contributed by atoms with E-state index in [0.717, 1.165) is 38.4 Å². The Hall–Kier alpha value is -2.35. The Balaban J connectivity index is 1.34. The molecule has 0 spiro atoms. The SMILES string of the molecule is CC(Sc1nncn1-c1cccc(Cl)c1)C(=O)N1CCN(Cc2ccccc2)CC1. The van der Waals surface area contributed by atoms with Gasteiger partial charge in [-0.1, -0.05) is 59.8 Å². The number of halogens is 1. The van der Waals surface area contributed by atoms with Crippen LogP contribution < -0.4 is 0 Å². The number of nitrogens with zero attached hydrogens (tertiary/aromatic N) is 5. The van der Waals surface area contributed by atoms with Gasteiger partial charge in [-0.25, -0.2) is 0 Å². The fraction of sp³-hybridized carbons (Fsp3) is 0.318. The van der Waals surface area contributed by atoms with Crippen LogP contribution in [-0.2, 0) is 11.3 Å². The predicted molar refractivity (Wildman–Crippen MR) is 120 cm³/mol. The van der Waals surface area contributed by atoms with Crippen molar-refractivity contribution in [1.82, 2.24) is 24.6 Å². The molecule has 0 aliphatic carbocycles. The van der Waals surface area contributed by atoms with Crippen molar-refractivity contribution >= 4 is 29.3 Å². The number of benzene rings is 2. The van der Waals surface area contributed by atoms with E-state index in [1.807, 2.05) is 46.7 Å². The van der Waals surface area contributed by atoms with Crippen molar-refractivity contribution in [3.05, 3.63) is 71.5 Å². The monoisotopic (exact) mass is 441 g/mol. The van der Waals surface area contributed by atoms with Crippen LogP contribution in [0.4, 0.5) is 0 Å². The molecule has 30 heavy (non-hydrogen) atoms. The summed E-state index contributed by atoms with van der Waals surface area (Å²) in [6.45, 7) is 6.12. The van der Waals surface area contributed by atoms with Crippen molar-refractivity contribution in [3.63, 3.8) is 0 Å². The van der Waals surface area contributed by atoms with Crippen molar-refractivity contribution in [2.45, 2.75) is 23.9 Å². The normalized spacial score (nSPS) is 15.9. The number of hydrogen-bond acceptors (Lipinski definition) is 5. The minimum Gasteiger partial charge on any atom is -0.339 e. The summed E-state index contributed by atoms with van der Waals surface area (Å²) in [6.07, 6.45) is 1.65. The lowest BCUT2D eigenvalue weighted by Gasteiger charge is -2.35. The Morgan fingerprint density at radius 3 is 2.60 bits per heavy atom. The highest BCUT2D eigenvalue weighted by atomic mass is 35.5. The molecular weight excluding hydrogens is 418 g/mol. The first kappa shape index (κ1) is 20.9. The van der Waals surface area contributed by atoms with Gasteiger partial charge in [0.2, 0.25) is 5.91 Å². The fourth-order valence-electron chi connectivity index (χ4n) is 3.54. The van der Waals surface area contributed by atoms with Crippen molar-refractivity contribution < 1.29 is 4.79 Å². The van der Waals surface area contributed by atoms with E-state index in [4.69, 9.17) is 11.6 Å². The minimum atomic E-state index is -0.243. The van der Waals surface area contributed by atoms with Gasteiger partial charge in [-0.2, -0.15) is 0 Å². The number of carbonyl (C=O) groups excluding carboxylic acids is 1. The minimum absolute atomic E-state index is 0.139. The van der Waals surface area contributed by atoms with Gasteiger partial charge >= 0.3 is 0 Å². The molecule has 0 saturated carbocycles. The number of thioether (sulfide) groups is 1. The maximum absolute atomic E-state index is 13.0. The van der Waals surface area contributed by atoms with Crippen molar-refractivity contribution in [3.8, 4) is 5.69 Å². The van der Waals surface area contributed by atoms with E-state index in [9.17, 15) is 4.79 Å². The molecule has 1 aromatic heterocycles. The van der Waals surface area contributed by atoms with E-state index in [0.29, 0.717) is 10.2 Å². The van der Waals surface area contributed by atoms with Gasteiger partial charge in [0.05, 0.1) is 10.9 Å². The molecule has 156 valence electrons. The van der Waals surface area contributed by atoms with Crippen LogP contribution in [0, 0.1) is 0 Å². The Labute approximate surface area is 185 Å². The largest absolute Gasteiger partial charge is 0.339 e. The summed E-state index contributed by atoms with van der Waals surface area (Å²) >= 11 is 7.53. The highest BCUT2D eigenvalue weighted by Crippen LogP contribution is 2.26. The summed E-state index contributed by atoms with van der Waals surface area (Å²) in [4.78, 5) is 17.4. The highest BCUT2D eigenvalue weighted by molar-refractivity contribution is 8.00. The molecule has 6 nitrogen and oxygen atoms in total. The molecule has 1 unspecified atom stereocenters. The van der Waals surface area contributed by atoms with Crippen molar-refractivity contribution in [2.75, 3.05) is 26.2 Å². The molecule has 1 aliphatic heterocycles. The molecule has 1 amide bonds. The standard InChI is InChI=1S/C22H24ClN5OS/c1-17(30-22-25-24-16-28(22)20-9-5-8-19(23)14-20)21(29)27-12-10-26(11-13-27)15-18-6-3-2-4-7-18/h2-9,14,16-17H,10-13,15H2,1H3. The van der Waals surface area contributed by atoms with Gasteiger partial charge in [-0.15, -0.1) is 10.2 Å². The van der Waals surface area contributed by atoms with Crippen LogP contribution >= 0.6 is 23.4 Å². The molecule has 1 fully saturated rings. The van der Waals surface area contributed by atoms with E-state index >= 15 is 0 Å². The first-order chi connectivity index (χ1) is 14.6. The smallest absolute Gasteiger partial charge is 0.235 e. The first-order valence-electron chi connectivity index (χ1n) is 9.98. The lowest BCUT2D eigenvalue weighted by Crippen LogP contribution is -2.50. The second-order valence-electron chi connectivity index (χ2n) is 7.31. The number of rotatable bonds is 6. The number of carbonyl (C=O) groups is 1. The number of piperazine rings is 1. The molecule has 2 aromatic carbocycles. The summed E-state index contributed by atoms with van der Waals surface area (Å²) in [6, 6.07) is 18.0. The lowest BCUT2D eigenvalue weighted by atomic mass is 10.2. The third-order valence-electron chi connectivity index (χ3n) is 5.17. The number of aromatic nitrogens is 3. The summed E-state index contributed by atoms with van der Waals surface area (Å²) < 4.78 is 1.86. The van der Waals surface area contributed by atoms with Crippen molar-refractivity contribution in [1.29, 1.82) is 0 Å². The zero-order valence-electron chi connectivity index (χ0n) is 16.8. The maximum atomic E-state index is 13.0. The molecule has 8 heteroatoms. The number of hydrogen-bond donors (Lipinski definition) is 0. The molecule has 3 aromatic rings. The van der Waals surface area contributed by atoms with E-state index < -0.39 is 0 Å². The molecule has 4 rings (SSSR count). The maximum Gasteiger partial charge on any atom is 0.235 e. The number of amides is 1. The molecule has 1 saturated heterocycles. The summed E-state index contributed by atoms with van der Waals surface area (Å²) in [5.74, 6) is 0.139. The zero-order valence-corrected chi connectivity index (χ0v) is 18.4. The molecule has 0 radical (unpaired) electrons. The van der Waals surface area contributed by atoms with Gasteiger partial charge in [-0.3, -0.25) is 14.3 Å². The first-order valence-corrected chi connectivity index (χ1v) is 11.2. The topological polar surface area (TPSA) is 54.3 Å². The quantitative estimate of drug-likeness (QED) is 0.545. The van der Waals surface area contributed by atoms with Crippen LogP contribution in [0.1, 0.15) is 12.5 Å². The third kappa shape index (κ3) is 5.03. The average molecular weight is 442 g/mol. The Morgan fingerprint density at radius 1 is 1.10 bits per heavy atom. The Bertz CT molecular complexity index is 988. The second kappa shape index (κ2) is 9.64. The molecule has 1 aliphatic rings. The highest BCUT2D eigenvalue weighted by Gasteiger charge is 2.27. The summed E-state index contributed by atoms with van der Waals surface area (Å²) in [7, 11) is 0. The van der Waals surface area contributed by atoms with Gasteiger partial charge in [0, 0.05) is 37.7 Å². The van der Waals surface area contributed by atoms with Gasteiger partial charge in [0.15, 0.2) is 5.16 Å². The van der Waals surface area contributed by atoms with Crippen molar-refractivity contribution in [2.24, 2.45) is 0 Å². The van der Waals surface area contributed by atoms with Gasteiger partial charge in [-0.05, 0) is 30.7 Å². The van der Waals surface area contributed by atoms with Crippen LogP contribution in [0.25, 0.3) is 5.69 Å². The summed E-state index contributed by atoms with van der Waals surface area (Å²) in [5.41, 5.74) is 2.19. The van der Waals surface area contributed by atoms with Crippen LogP contribution in [0.2, 0.25) is 5.02 Å². The Morgan fingerprint density at radius 2 is 1.87 bits per heavy atom. The molecule has 0 N–H and O–H groups in total. The molecule has 0 bridgehead atoms. The zero-order chi connectivity index (χ0) is 20.9. The van der Waals surface area contributed by atoms with Crippen LogP contribution in [0.5, 0.6) is 0 Å². The summed E-state index contributed by atoms with van der Waals surface area (Å²) in [5, 5.41) is 9.31. The lowest BCUT2D eigenvalue weighted by molar-refractivity contribution is -0.132.